The van der Waals surface area contributed by atoms with Gasteiger partial charge in [-0.15, -0.1) is 0 Å². The Morgan fingerprint density at radius 3 is 2.00 bits per heavy atom. The van der Waals surface area contributed by atoms with Gasteiger partial charge in [0.1, 0.15) is 10.1 Å². The predicted octanol–water partition coefficient (Wildman–Crippen LogP) is 2.09. The van der Waals surface area contributed by atoms with E-state index in [0.29, 0.717) is 5.39 Å². The molecule has 0 N–H and O–H groups in total. The van der Waals surface area contributed by atoms with Crippen molar-refractivity contribution in [1.29, 1.82) is 0 Å². The molecule has 0 aliphatic rings. The Balaban J connectivity index is 0.00000133. The van der Waals surface area contributed by atoms with Crippen LogP contribution in [0.5, 0.6) is 0 Å². The average molecular weight is 292 g/mol. The molecule has 0 aliphatic heterocycles. The molecule has 3 rings (SSSR count). The lowest BCUT2D eigenvalue weighted by molar-refractivity contribution is 0.464. The SMILES string of the molecule is O=S(=O)([O-])c1cccc2cc3ccccc3cc12.[SH3+]. The van der Waals surface area contributed by atoms with Crippen LogP contribution in [0.25, 0.3) is 21.5 Å². The minimum atomic E-state index is -4.45. The second kappa shape index (κ2) is 4.85. The first-order chi connectivity index (χ1) is 8.55. The Hall–Kier alpha value is -1.56. The number of rotatable bonds is 1. The lowest BCUT2D eigenvalue weighted by Crippen LogP contribution is -1.99. The smallest absolute Gasteiger partial charge is 0.125 e. The average Bonchev–Trinajstić information content (AvgIpc) is 2.34. The fourth-order valence-corrected chi connectivity index (χ4v) is 2.85. The van der Waals surface area contributed by atoms with E-state index in [9.17, 15) is 13.0 Å². The quantitative estimate of drug-likeness (QED) is 0.392. The Morgan fingerprint density at radius 1 is 0.789 bits per heavy atom. The first-order valence-electron chi connectivity index (χ1n) is 5.43. The molecule has 0 saturated carbocycles. The number of benzene rings is 3. The van der Waals surface area contributed by atoms with Gasteiger partial charge < -0.3 is 4.55 Å². The van der Waals surface area contributed by atoms with Gasteiger partial charge in [0.25, 0.3) is 0 Å². The highest BCUT2D eigenvalue weighted by atomic mass is 32.2. The third-order valence-corrected chi connectivity index (χ3v) is 3.87. The molecule has 19 heavy (non-hydrogen) atoms. The van der Waals surface area contributed by atoms with E-state index in [2.05, 4.69) is 0 Å². The van der Waals surface area contributed by atoms with Crippen molar-refractivity contribution in [1.82, 2.24) is 0 Å². The Kier molecular flexibility index (Phi) is 3.54. The largest absolute Gasteiger partial charge is 0.744 e. The summed E-state index contributed by atoms with van der Waals surface area (Å²) in [4.78, 5) is -0.161. The Morgan fingerprint density at radius 2 is 1.37 bits per heavy atom. The number of hydrogen-bond acceptors (Lipinski definition) is 3. The van der Waals surface area contributed by atoms with Crippen LogP contribution >= 0.6 is 0 Å². The van der Waals surface area contributed by atoms with E-state index in [1.165, 1.54) is 6.07 Å². The summed E-state index contributed by atoms with van der Waals surface area (Å²) in [5.74, 6) is 0. The van der Waals surface area contributed by atoms with Gasteiger partial charge in [-0.05, 0) is 39.7 Å². The van der Waals surface area contributed by atoms with Crippen LogP contribution in [0.1, 0.15) is 0 Å². The first kappa shape index (κ1) is 13.9. The van der Waals surface area contributed by atoms with Crippen molar-refractivity contribution in [2.24, 2.45) is 0 Å². The minimum Gasteiger partial charge on any atom is -0.744 e. The summed E-state index contributed by atoms with van der Waals surface area (Å²) >= 11 is 0. The van der Waals surface area contributed by atoms with Crippen LogP contribution in [0.15, 0.2) is 59.5 Å². The van der Waals surface area contributed by atoms with Crippen molar-refractivity contribution in [2.75, 3.05) is 0 Å². The predicted molar refractivity (Wildman–Crippen MR) is 81.0 cm³/mol. The van der Waals surface area contributed by atoms with Crippen molar-refractivity contribution >= 4 is 45.2 Å². The summed E-state index contributed by atoms with van der Waals surface area (Å²) in [5, 5.41) is 3.17. The second-order valence-corrected chi connectivity index (χ2v) is 5.48. The third-order valence-electron chi connectivity index (χ3n) is 2.98. The molecule has 0 fully saturated rings. The van der Waals surface area contributed by atoms with Crippen LogP contribution in [0.3, 0.4) is 0 Å². The molecule has 0 atom stereocenters. The molecule has 3 aromatic rings. The fraction of sp³-hybridized carbons (Fsp3) is 0. The molecule has 0 radical (unpaired) electrons. The van der Waals surface area contributed by atoms with Gasteiger partial charge in [-0.25, -0.2) is 8.42 Å². The van der Waals surface area contributed by atoms with Crippen LogP contribution in [0.4, 0.5) is 0 Å². The monoisotopic (exact) mass is 292 g/mol. The van der Waals surface area contributed by atoms with Gasteiger partial charge in [-0.1, -0.05) is 49.9 Å². The molecule has 0 heterocycles. The van der Waals surface area contributed by atoms with Crippen LogP contribution in [-0.4, -0.2) is 13.0 Å². The molecule has 0 aromatic heterocycles. The molecule has 3 nitrogen and oxygen atoms in total. The third kappa shape index (κ3) is 2.45. The van der Waals surface area contributed by atoms with Crippen molar-refractivity contribution in [2.45, 2.75) is 4.90 Å². The summed E-state index contributed by atoms with van der Waals surface area (Å²) in [6.07, 6.45) is 0. The fourth-order valence-electron chi connectivity index (χ4n) is 2.16. The minimum absolute atomic E-state index is 0. The zero-order chi connectivity index (χ0) is 12.8. The first-order valence-corrected chi connectivity index (χ1v) is 6.84. The second-order valence-electron chi connectivity index (χ2n) is 4.13. The highest BCUT2D eigenvalue weighted by Gasteiger charge is 2.07. The van der Waals surface area contributed by atoms with E-state index >= 15 is 0 Å². The summed E-state index contributed by atoms with van der Waals surface area (Å²) in [5.41, 5.74) is 0. The molecule has 0 amide bonds. The molecule has 98 valence electrons. The topological polar surface area (TPSA) is 57.2 Å². The molecular formula is C14H12O3S2. The van der Waals surface area contributed by atoms with Gasteiger partial charge in [-0.2, -0.15) is 0 Å². The summed E-state index contributed by atoms with van der Waals surface area (Å²) in [6, 6.07) is 16.0. The number of fused-ring (bicyclic) bond motifs is 2. The maximum Gasteiger partial charge on any atom is 0.125 e. The standard InChI is InChI=1S/C14H10O3S.H2S/c15-18(16,17)14-7-3-6-12-8-10-4-1-2-5-11(10)9-13(12)14;/h1-9H,(H,15,16,17);1H2. The van der Waals surface area contributed by atoms with Gasteiger partial charge in [0, 0.05) is 0 Å². The molecule has 0 aliphatic carbocycles. The van der Waals surface area contributed by atoms with E-state index in [1.54, 1.807) is 18.2 Å². The van der Waals surface area contributed by atoms with Gasteiger partial charge in [0.05, 0.1) is 4.90 Å². The van der Waals surface area contributed by atoms with Gasteiger partial charge in [0.2, 0.25) is 0 Å². The van der Waals surface area contributed by atoms with Crippen molar-refractivity contribution in [3.63, 3.8) is 0 Å². The molecule has 0 bridgehead atoms. The molecular weight excluding hydrogens is 280 g/mol. The van der Waals surface area contributed by atoms with Gasteiger partial charge in [-0.3, -0.25) is 0 Å². The van der Waals surface area contributed by atoms with Crippen molar-refractivity contribution < 1.29 is 13.0 Å². The van der Waals surface area contributed by atoms with Crippen LogP contribution in [0, 0.1) is 0 Å². The summed E-state index contributed by atoms with van der Waals surface area (Å²) in [7, 11) is -4.45. The Labute approximate surface area is 118 Å². The highest BCUT2D eigenvalue weighted by Crippen LogP contribution is 2.27. The normalized spacial score (nSPS) is 11.4. The van der Waals surface area contributed by atoms with Crippen molar-refractivity contribution in [3.8, 4) is 0 Å². The maximum atomic E-state index is 11.2. The van der Waals surface area contributed by atoms with E-state index in [-0.39, 0.29) is 18.4 Å². The van der Waals surface area contributed by atoms with Crippen LogP contribution < -0.4 is 0 Å². The summed E-state index contributed by atoms with van der Waals surface area (Å²) in [6.45, 7) is 0. The lowest BCUT2D eigenvalue weighted by atomic mass is 10.0. The molecule has 0 unspecified atom stereocenters. The molecule has 0 spiro atoms. The maximum absolute atomic E-state index is 11.2. The van der Waals surface area contributed by atoms with Gasteiger partial charge >= 0.3 is 0 Å². The summed E-state index contributed by atoms with van der Waals surface area (Å²) < 4.78 is 33.7. The molecule has 3 aromatic carbocycles. The zero-order valence-electron chi connectivity index (χ0n) is 9.91. The number of hydrogen-bond donors (Lipinski definition) is 0. The van der Waals surface area contributed by atoms with Crippen LogP contribution in [0.2, 0.25) is 0 Å². The lowest BCUT2D eigenvalue weighted by Gasteiger charge is -2.11. The van der Waals surface area contributed by atoms with E-state index < -0.39 is 10.1 Å². The highest BCUT2D eigenvalue weighted by molar-refractivity contribution is 7.86. The van der Waals surface area contributed by atoms with Crippen LogP contribution in [-0.2, 0) is 23.6 Å². The van der Waals surface area contributed by atoms with E-state index in [0.717, 1.165) is 16.2 Å². The van der Waals surface area contributed by atoms with Gasteiger partial charge in [0.15, 0.2) is 0 Å². The zero-order valence-corrected chi connectivity index (χ0v) is 11.9. The van der Waals surface area contributed by atoms with E-state index in [4.69, 9.17) is 0 Å². The Bertz CT molecular complexity index is 855. The molecule has 5 heteroatoms. The van der Waals surface area contributed by atoms with Crippen molar-refractivity contribution in [3.05, 3.63) is 54.6 Å². The van der Waals surface area contributed by atoms with E-state index in [1.807, 2.05) is 30.3 Å². The molecule has 0 saturated heterocycles.